The van der Waals surface area contributed by atoms with Crippen LogP contribution in [-0.2, 0) is 0 Å². The SMILES string of the molecule is Cc1cn(-c2ccccc2)nc1NC(=O)NCC(C)(C)C(O)C(C)C. The zero-order valence-electron chi connectivity index (χ0n) is 15.6. The Morgan fingerprint density at radius 1 is 1.28 bits per heavy atom. The van der Waals surface area contributed by atoms with Crippen LogP contribution in [0.15, 0.2) is 36.5 Å². The number of hydrogen-bond acceptors (Lipinski definition) is 3. The molecule has 0 bridgehead atoms. The lowest BCUT2D eigenvalue weighted by Gasteiger charge is -2.33. The number of urea groups is 1. The van der Waals surface area contributed by atoms with Gasteiger partial charge in [-0.3, -0.25) is 5.32 Å². The number of anilines is 1. The Kier molecular flexibility index (Phi) is 5.85. The van der Waals surface area contributed by atoms with Crippen molar-refractivity contribution < 1.29 is 9.90 Å². The maximum absolute atomic E-state index is 12.2. The first-order valence-electron chi connectivity index (χ1n) is 8.55. The molecule has 0 fully saturated rings. The molecule has 0 saturated heterocycles. The van der Waals surface area contributed by atoms with Crippen LogP contribution in [0.3, 0.4) is 0 Å². The van der Waals surface area contributed by atoms with Gasteiger partial charge in [-0.05, 0) is 25.0 Å². The van der Waals surface area contributed by atoms with Gasteiger partial charge in [-0.1, -0.05) is 45.9 Å². The number of rotatable bonds is 6. The molecule has 1 aromatic carbocycles. The number of aliphatic hydroxyl groups excluding tert-OH is 1. The van der Waals surface area contributed by atoms with Crippen LogP contribution in [-0.4, -0.2) is 33.6 Å². The van der Waals surface area contributed by atoms with Crippen molar-refractivity contribution in [1.82, 2.24) is 15.1 Å². The van der Waals surface area contributed by atoms with Gasteiger partial charge in [0, 0.05) is 23.7 Å². The van der Waals surface area contributed by atoms with E-state index in [-0.39, 0.29) is 11.9 Å². The monoisotopic (exact) mass is 344 g/mol. The van der Waals surface area contributed by atoms with Crippen molar-refractivity contribution >= 4 is 11.8 Å². The third-order valence-electron chi connectivity index (χ3n) is 4.29. The molecular formula is C19H28N4O2. The molecule has 1 heterocycles. The summed E-state index contributed by atoms with van der Waals surface area (Å²) in [6.45, 7) is 10.1. The highest BCUT2D eigenvalue weighted by Gasteiger charge is 2.30. The molecule has 2 rings (SSSR count). The highest BCUT2D eigenvalue weighted by Crippen LogP contribution is 2.25. The Hall–Kier alpha value is -2.34. The van der Waals surface area contributed by atoms with Gasteiger partial charge in [-0.25, -0.2) is 9.48 Å². The van der Waals surface area contributed by atoms with Crippen molar-refractivity contribution in [3.63, 3.8) is 0 Å². The largest absolute Gasteiger partial charge is 0.392 e. The van der Waals surface area contributed by atoms with E-state index in [0.717, 1.165) is 11.3 Å². The number of nitrogens with zero attached hydrogens (tertiary/aromatic N) is 2. The highest BCUT2D eigenvalue weighted by molar-refractivity contribution is 5.88. The molecule has 1 atom stereocenters. The van der Waals surface area contributed by atoms with Gasteiger partial charge in [0.1, 0.15) is 0 Å². The van der Waals surface area contributed by atoms with Crippen LogP contribution in [0.25, 0.3) is 5.69 Å². The minimum absolute atomic E-state index is 0.128. The average molecular weight is 344 g/mol. The number of benzene rings is 1. The Bertz CT molecular complexity index is 707. The molecule has 0 aliphatic rings. The lowest BCUT2D eigenvalue weighted by atomic mass is 9.81. The maximum Gasteiger partial charge on any atom is 0.320 e. The van der Waals surface area contributed by atoms with E-state index in [1.165, 1.54) is 0 Å². The van der Waals surface area contributed by atoms with E-state index in [0.29, 0.717) is 12.4 Å². The summed E-state index contributed by atoms with van der Waals surface area (Å²) in [5.74, 6) is 0.646. The van der Waals surface area contributed by atoms with Crippen LogP contribution in [0.4, 0.5) is 10.6 Å². The maximum atomic E-state index is 12.2. The molecule has 6 nitrogen and oxygen atoms in total. The fourth-order valence-electron chi connectivity index (χ4n) is 2.76. The lowest BCUT2D eigenvalue weighted by molar-refractivity contribution is 0.0154. The van der Waals surface area contributed by atoms with Crippen LogP contribution in [0.2, 0.25) is 0 Å². The fourth-order valence-corrected chi connectivity index (χ4v) is 2.76. The first-order chi connectivity index (χ1) is 11.7. The van der Waals surface area contributed by atoms with E-state index in [1.54, 1.807) is 4.68 Å². The Balaban J connectivity index is 1.98. The van der Waals surface area contributed by atoms with E-state index < -0.39 is 11.5 Å². The normalized spacial score (nSPS) is 12.9. The van der Waals surface area contributed by atoms with Crippen molar-refractivity contribution in [3.8, 4) is 5.69 Å². The summed E-state index contributed by atoms with van der Waals surface area (Å²) in [5, 5.41) is 20.3. The molecule has 0 saturated carbocycles. The van der Waals surface area contributed by atoms with Crippen molar-refractivity contribution in [3.05, 3.63) is 42.1 Å². The van der Waals surface area contributed by atoms with Crippen molar-refractivity contribution in [1.29, 1.82) is 0 Å². The molecule has 3 N–H and O–H groups in total. The van der Waals surface area contributed by atoms with E-state index in [4.69, 9.17) is 0 Å². The van der Waals surface area contributed by atoms with Gasteiger partial charge in [-0.2, -0.15) is 0 Å². The number of nitrogens with one attached hydrogen (secondary N) is 2. The summed E-state index contributed by atoms with van der Waals surface area (Å²) >= 11 is 0. The second-order valence-corrected chi connectivity index (χ2v) is 7.43. The zero-order chi connectivity index (χ0) is 18.6. The first kappa shape index (κ1) is 19.0. The summed E-state index contributed by atoms with van der Waals surface area (Å²) in [7, 11) is 0. The van der Waals surface area contributed by atoms with Gasteiger partial charge in [0.2, 0.25) is 0 Å². The lowest BCUT2D eigenvalue weighted by Crippen LogP contribution is -2.44. The molecule has 1 unspecified atom stereocenters. The second kappa shape index (κ2) is 7.70. The third kappa shape index (κ3) is 4.82. The van der Waals surface area contributed by atoms with Crippen molar-refractivity contribution in [2.24, 2.45) is 11.3 Å². The van der Waals surface area contributed by atoms with E-state index in [9.17, 15) is 9.90 Å². The summed E-state index contributed by atoms with van der Waals surface area (Å²) in [4.78, 5) is 12.2. The van der Waals surface area contributed by atoms with Gasteiger partial charge in [0.05, 0.1) is 11.8 Å². The van der Waals surface area contributed by atoms with Crippen LogP contribution < -0.4 is 10.6 Å². The number of para-hydroxylation sites is 1. The Morgan fingerprint density at radius 3 is 2.52 bits per heavy atom. The van der Waals surface area contributed by atoms with Gasteiger partial charge < -0.3 is 10.4 Å². The van der Waals surface area contributed by atoms with Gasteiger partial charge >= 0.3 is 6.03 Å². The number of carbonyl (C=O) groups excluding carboxylic acids is 1. The van der Waals surface area contributed by atoms with E-state index in [1.807, 2.05) is 71.1 Å². The number of aromatic nitrogens is 2. The van der Waals surface area contributed by atoms with Crippen LogP contribution in [0.5, 0.6) is 0 Å². The highest BCUT2D eigenvalue weighted by atomic mass is 16.3. The summed E-state index contributed by atoms with van der Waals surface area (Å²) < 4.78 is 1.73. The Labute approximate surface area is 149 Å². The molecule has 0 aliphatic heterocycles. The minimum atomic E-state index is -0.494. The van der Waals surface area contributed by atoms with E-state index >= 15 is 0 Å². The third-order valence-corrected chi connectivity index (χ3v) is 4.29. The molecule has 6 heteroatoms. The fraction of sp³-hybridized carbons (Fsp3) is 0.474. The smallest absolute Gasteiger partial charge is 0.320 e. The van der Waals surface area contributed by atoms with Gasteiger partial charge in [0.15, 0.2) is 5.82 Å². The minimum Gasteiger partial charge on any atom is -0.392 e. The molecular weight excluding hydrogens is 316 g/mol. The molecule has 136 valence electrons. The number of hydrogen-bond donors (Lipinski definition) is 3. The first-order valence-corrected chi connectivity index (χ1v) is 8.55. The summed E-state index contributed by atoms with van der Waals surface area (Å²) in [6, 6.07) is 9.39. The molecule has 1 aromatic heterocycles. The van der Waals surface area contributed by atoms with Gasteiger partial charge in [-0.15, -0.1) is 5.10 Å². The summed E-state index contributed by atoms with van der Waals surface area (Å²) in [6.07, 6.45) is 1.38. The van der Waals surface area contributed by atoms with Gasteiger partial charge in [0.25, 0.3) is 0 Å². The molecule has 0 radical (unpaired) electrons. The number of amides is 2. The standard InChI is InChI=1S/C19H28N4O2/c1-13(2)16(24)19(4,5)12-20-18(25)21-17-14(3)11-23(22-17)15-9-7-6-8-10-15/h6-11,13,16,24H,12H2,1-5H3,(H2,20,21,22,25). The summed E-state index contributed by atoms with van der Waals surface area (Å²) in [5.41, 5.74) is 1.39. The predicted molar refractivity (Wildman–Crippen MR) is 99.9 cm³/mol. The molecule has 25 heavy (non-hydrogen) atoms. The molecule has 0 spiro atoms. The van der Waals surface area contributed by atoms with Crippen molar-refractivity contribution in [2.75, 3.05) is 11.9 Å². The molecule has 2 amide bonds. The van der Waals surface area contributed by atoms with E-state index in [2.05, 4.69) is 15.7 Å². The number of aryl methyl sites for hydroxylation is 1. The molecule has 0 aliphatic carbocycles. The zero-order valence-corrected chi connectivity index (χ0v) is 15.6. The quantitative estimate of drug-likeness (QED) is 0.752. The predicted octanol–water partition coefficient (Wildman–Crippen LogP) is 3.35. The topological polar surface area (TPSA) is 79.2 Å². The van der Waals surface area contributed by atoms with Crippen LogP contribution >= 0.6 is 0 Å². The van der Waals surface area contributed by atoms with Crippen molar-refractivity contribution in [2.45, 2.75) is 40.7 Å². The number of aliphatic hydroxyl groups is 1. The second-order valence-electron chi connectivity index (χ2n) is 7.43. The molecule has 2 aromatic rings. The van der Waals surface area contributed by atoms with Crippen LogP contribution in [0.1, 0.15) is 33.3 Å². The average Bonchev–Trinajstić information content (AvgIpc) is 2.94. The van der Waals surface area contributed by atoms with Crippen LogP contribution in [0, 0.1) is 18.3 Å². The Morgan fingerprint density at radius 2 is 1.92 bits per heavy atom. The number of carbonyl (C=O) groups is 1.